The van der Waals surface area contributed by atoms with E-state index in [-0.39, 0.29) is 11.8 Å². The van der Waals surface area contributed by atoms with Crippen molar-refractivity contribution in [3.63, 3.8) is 0 Å². The van der Waals surface area contributed by atoms with Crippen LogP contribution in [0.5, 0.6) is 0 Å². The quantitative estimate of drug-likeness (QED) is 0.905. The molecule has 1 aliphatic heterocycles. The number of amides is 2. The van der Waals surface area contributed by atoms with Crippen LogP contribution in [0.25, 0.3) is 0 Å². The molecule has 0 spiro atoms. The van der Waals surface area contributed by atoms with E-state index in [2.05, 4.69) is 0 Å². The minimum absolute atomic E-state index is 0.0226. The van der Waals surface area contributed by atoms with Crippen LogP contribution in [0.3, 0.4) is 0 Å². The molecule has 2 amide bonds. The molecular formula is C18H27N3O2. The Balaban J connectivity index is 2.16. The maximum Gasteiger partial charge on any atom is 0.249 e. The number of nitrogens with two attached hydrogens (primary N) is 1. The van der Waals surface area contributed by atoms with Gasteiger partial charge in [0.15, 0.2) is 0 Å². The van der Waals surface area contributed by atoms with Crippen LogP contribution in [-0.2, 0) is 9.59 Å². The molecule has 1 aromatic rings. The molecule has 2 unspecified atom stereocenters. The van der Waals surface area contributed by atoms with Gasteiger partial charge in [0.2, 0.25) is 11.8 Å². The van der Waals surface area contributed by atoms with Gasteiger partial charge in [-0.25, -0.2) is 0 Å². The third-order valence-electron chi connectivity index (χ3n) is 4.52. The molecule has 5 heteroatoms. The second-order valence-corrected chi connectivity index (χ2v) is 6.57. The van der Waals surface area contributed by atoms with Gasteiger partial charge in [0.05, 0.1) is 5.54 Å². The number of benzene rings is 1. The van der Waals surface area contributed by atoms with Crippen molar-refractivity contribution in [1.29, 1.82) is 0 Å². The van der Waals surface area contributed by atoms with E-state index < -0.39 is 11.6 Å². The number of anilines is 1. The molecule has 0 radical (unpaired) electrons. The summed E-state index contributed by atoms with van der Waals surface area (Å²) < 4.78 is 0. The number of rotatable bonds is 5. The summed E-state index contributed by atoms with van der Waals surface area (Å²) in [6, 6.07) is 9.17. The average Bonchev–Trinajstić information content (AvgIpc) is 2.54. The van der Waals surface area contributed by atoms with Crippen molar-refractivity contribution in [3.8, 4) is 0 Å². The molecule has 0 bridgehead atoms. The van der Waals surface area contributed by atoms with Crippen LogP contribution in [0.15, 0.2) is 30.3 Å². The van der Waals surface area contributed by atoms with Crippen molar-refractivity contribution in [2.24, 2.45) is 5.73 Å². The molecule has 1 fully saturated rings. The summed E-state index contributed by atoms with van der Waals surface area (Å²) in [6.45, 7) is 4.44. The van der Waals surface area contributed by atoms with E-state index in [9.17, 15) is 9.59 Å². The molecule has 126 valence electrons. The minimum Gasteiger partial charge on any atom is -0.332 e. The van der Waals surface area contributed by atoms with Crippen molar-refractivity contribution >= 4 is 17.5 Å². The molecular weight excluding hydrogens is 290 g/mol. The molecule has 1 saturated heterocycles. The lowest BCUT2D eigenvalue weighted by molar-refractivity contribution is -0.143. The van der Waals surface area contributed by atoms with Gasteiger partial charge in [-0.05, 0) is 38.3 Å². The molecule has 23 heavy (non-hydrogen) atoms. The Morgan fingerprint density at radius 3 is 2.65 bits per heavy atom. The molecule has 2 rings (SSSR count). The predicted octanol–water partition coefficient (Wildman–Crippen LogP) is 2.16. The van der Waals surface area contributed by atoms with Gasteiger partial charge in [0.25, 0.3) is 0 Å². The third kappa shape index (κ3) is 3.72. The Bertz CT molecular complexity index is 557. The van der Waals surface area contributed by atoms with Crippen molar-refractivity contribution < 1.29 is 9.59 Å². The fourth-order valence-electron chi connectivity index (χ4n) is 3.25. The van der Waals surface area contributed by atoms with Crippen LogP contribution in [0.1, 0.15) is 39.5 Å². The molecule has 5 nitrogen and oxygen atoms in total. The summed E-state index contributed by atoms with van der Waals surface area (Å²) in [5, 5.41) is 0. The first-order valence-electron chi connectivity index (χ1n) is 8.31. The molecule has 0 saturated carbocycles. The van der Waals surface area contributed by atoms with E-state index >= 15 is 0 Å². The van der Waals surface area contributed by atoms with Crippen LogP contribution >= 0.6 is 0 Å². The first-order valence-corrected chi connectivity index (χ1v) is 8.31. The number of likely N-dealkylation sites (N-methyl/N-ethyl adjacent to an activating group) is 1. The normalized spacial score (nSPS) is 21.0. The maximum atomic E-state index is 12.8. The van der Waals surface area contributed by atoms with Crippen molar-refractivity contribution in [1.82, 2.24) is 4.90 Å². The minimum atomic E-state index is -0.918. The largest absolute Gasteiger partial charge is 0.332 e. The molecule has 1 aliphatic rings. The second kappa shape index (κ2) is 7.13. The van der Waals surface area contributed by atoms with Crippen molar-refractivity contribution in [2.75, 3.05) is 18.5 Å². The van der Waals surface area contributed by atoms with Crippen LogP contribution < -0.4 is 10.6 Å². The number of carbonyl (C=O) groups is 2. The molecule has 0 aromatic heterocycles. The van der Waals surface area contributed by atoms with Crippen molar-refractivity contribution in [2.45, 2.75) is 51.1 Å². The van der Waals surface area contributed by atoms with E-state index in [0.717, 1.165) is 18.5 Å². The summed E-state index contributed by atoms with van der Waals surface area (Å²) in [4.78, 5) is 28.8. The topological polar surface area (TPSA) is 66.6 Å². The monoisotopic (exact) mass is 317 g/mol. The Hall–Kier alpha value is -1.88. The van der Waals surface area contributed by atoms with Crippen LogP contribution in [0, 0.1) is 0 Å². The van der Waals surface area contributed by atoms with Gasteiger partial charge in [0.1, 0.15) is 6.04 Å². The van der Waals surface area contributed by atoms with Crippen LogP contribution in [0.4, 0.5) is 5.69 Å². The van der Waals surface area contributed by atoms with Gasteiger partial charge in [0, 0.05) is 19.3 Å². The third-order valence-corrected chi connectivity index (χ3v) is 4.52. The SMILES string of the molecule is CCCC(C)(N)C(=O)N(C)C1CCCN(c2ccccc2)C1=O. The molecule has 0 aliphatic carbocycles. The van der Waals surface area contributed by atoms with E-state index in [1.54, 1.807) is 23.8 Å². The van der Waals surface area contributed by atoms with Gasteiger partial charge in [-0.15, -0.1) is 0 Å². The molecule has 2 N–H and O–H groups in total. The smallest absolute Gasteiger partial charge is 0.249 e. The fraction of sp³-hybridized carbons (Fsp3) is 0.556. The van der Waals surface area contributed by atoms with Gasteiger partial charge >= 0.3 is 0 Å². The first kappa shape index (κ1) is 17.5. The number of carbonyl (C=O) groups excluding carboxylic acids is 2. The fourth-order valence-corrected chi connectivity index (χ4v) is 3.25. The number of para-hydroxylation sites is 1. The predicted molar refractivity (Wildman–Crippen MR) is 92.1 cm³/mol. The van der Waals surface area contributed by atoms with Gasteiger partial charge in [-0.2, -0.15) is 0 Å². The Morgan fingerprint density at radius 2 is 2.04 bits per heavy atom. The summed E-state index contributed by atoms with van der Waals surface area (Å²) in [7, 11) is 1.69. The Morgan fingerprint density at radius 1 is 1.39 bits per heavy atom. The number of nitrogens with zero attached hydrogens (tertiary/aromatic N) is 2. The number of hydrogen-bond donors (Lipinski definition) is 1. The highest BCUT2D eigenvalue weighted by atomic mass is 16.2. The van der Waals surface area contributed by atoms with E-state index in [1.165, 1.54) is 0 Å². The van der Waals surface area contributed by atoms with Gasteiger partial charge in [-0.1, -0.05) is 31.5 Å². The summed E-state index contributed by atoms with van der Waals surface area (Å²) >= 11 is 0. The highest BCUT2D eigenvalue weighted by Gasteiger charge is 2.39. The zero-order valence-corrected chi connectivity index (χ0v) is 14.3. The van der Waals surface area contributed by atoms with Crippen LogP contribution in [-0.4, -0.2) is 41.9 Å². The maximum absolute atomic E-state index is 12.8. The highest BCUT2D eigenvalue weighted by molar-refractivity contribution is 6.00. The lowest BCUT2D eigenvalue weighted by Gasteiger charge is -2.39. The van der Waals surface area contributed by atoms with E-state index in [1.807, 2.05) is 37.3 Å². The Kier molecular flexibility index (Phi) is 5.42. The van der Waals surface area contributed by atoms with E-state index in [4.69, 9.17) is 5.73 Å². The molecule has 1 aromatic carbocycles. The lowest BCUT2D eigenvalue weighted by atomic mass is 9.93. The van der Waals surface area contributed by atoms with Gasteiger partial charge in [-0.3, -0.25) is 9.59 Å². The highest BCUT2D eigenvalue weighted by Crippen LogP contribution is 2.24. The van der Waals surface area contributed by atoms with Crippen LogP contribution in [0.2, 0.25) is 0 Å². The molecule has 2 atom stereocenters. The first-order chi connectivity index (χ1) is 10.9. The summed E-state index contributed by atoms with van der Waals surface area (Å²) in [6.07, 6.45) is 3.01. The second-order valence-electron chi connectivity index (χ2n) is 6.57. The zero-order chi connectivity index (χ0) is 17.0. The lowest BCUT2D eigenvalue weighted by Crippen LogP contribution is -2.59. The summed E-state index contributed by atoms with van der Waals surface area (Å²) in [5.41, 5.74) is 6.12. The number of piperidine rings is 1. The van der Waals surface area contributed by atoms with Crippen molar-refractivity contribution in [3.05, 3.63) is 30.3 Å². The average molecular weight is 317 g/mol. The number of hydrogen-bond acceptors (Lipinski definition) is 3. The molecule has 1 heterocycles. The standard InChI is InChI=1S/C18H27N3O2/c1-4-12-18(2,19)17(23)20(3)15-11-8-13-21(16(15)22)14-9-6-5-7-10-14/h5-7,9-10,15H,4,8,11-13,19H2,1-3H3. The Labute approximate surface area is 138 Å². The zero-order valence-electron chi connectivity index (χ0n) is 14.3. The van der Waals surface area contributed by atoms with E-state index in [0.29, 0.717) is 19.4 Å². The van der Waals surface area contributed by atoms with Gasteiger partial charge < -0.3 is 15.5 Å². The summed E-state index contributed by atoms with van der Waals surface area (Å²) in [5.74, 6) is -0.182.